The third kappa shape index (κ3) is 3.11. The molecule has 1 N–H and O–H groups in total. The predicted molar refractivity (Wildman–Crippen MR) is 107 cm³/mol. The van der Waals surface area contributed by atoms with Crippen molar-refractivity contribution in [3.05, 3.63) is 54.4 Å². The largest absolute Gasteiger partial charge is 0.366 e. The highest BCUT2D eigenvalue weighted by molar-refractivity contribution is 7.90. The number of nitrogens with zero attached hydrogens (tertiary/aromatic N) is 4. The summed E-state index contributed by atoms with van der Waals surface area (Å²) in [6, 6.07) is 10.4. The van der Waals surface area contributed by atoms with Crippen LogP contribution in [0.15, 0.2) is 58.7 Å². The van der Waals surface area contributed by atoms with Crippen molar-refractivity contribution in [1.82, 2.24) is 14.3 Å². The smallest absolute Gasteiger partial charge is 0.268 e. The maximum atomic E-state index is 13.5. The highest BCUT2D eigenvalue weighted by Crippen LogP contribution is 2.31. The average molecular weight is 383 g/mol. The normalized spacial score (nSPS) is 15.7. The molecule has 3 aromatic rings. The first-order valence-electron chi connectivity index (χ1n) is 8.81. The van der Waals surface area contributed by atoms with E-state index in [0.29, 0.717) is 16.6 Å². The summed E-state index contributed by atoms with van der Waals surface area (Å²) in [5.41, 5.74) is 2.69. The first-order chi connectivity index (χ1) is 13.1. The lowest BCUT2D eigenvalue weighted by atomic mass is 10.2. The number of rotatable bonds is 4. The van der Waals surface area contributed by atoms with Crippen molar-refractivity contribution in [3.63, 3.8) is 0 Å². The van der Waals surface area contributed by atoms with Crippen LogP contribution in [0.3, 0.4) is 0 Å². The van der Waals surface area contributed by atoms with Crippen LogP contribution in [0.5, 0.6) is 0 Å². The second kappa shape index (κ2) is 7.13. The second-order valence-electron chi connectivity index (χ2n) is 6.35. The Morgan fingerprint density at radius 1 is 1.15 bits per heavy atom. The molecule has 4 rings (SSSR count). The Balaban J connectivity index is 1.91. The number of hydrogen-bond donors (Lipinski definition) is 1. The van der Waals surface area contributed by atoms with Gasteiger partial charge in [0.25, 0.3) is 10.0 Å². The van der Waals surface area contributed by atoms with Gasteiger partial charge < -0.3 is 10.2 Å². The first-order valence-corrected chi connectivity index (χ1v) is 10.3. The van der Waals surface area contributed by atoms with E-state index >= 15 is 0 Å². The Hall–Kier alpha value is -2.71. The monoisotopic (exact) mass is 383 g/mol. The zero-order valence-corrected chi connectivity index (χ0v) is 15.9. The number of hydrogen-bond acceptors (Lipinski definition) is 6. The molecule has 0 atom stereocenters. The van der Waals surface area contributed by atoms with Crippen LogP contribution in [0.2, 0.25) is 0 Å². The molecule has 1 aliphatic heterocycles. The van der Waals surface area contributed by atoms with Crippen LogP contribution in [-0.2, 0) is 10.0 Å². The zero-order chi connectivity index (χ0) is 18.9. The molecule has 0 unspecified atom stereocenters. The van der Waals surface area contributed by atoms with E-state index in [4.69, 9.17) is 0 Å². The van der Waals surface area contributed by atoms with Crippen LogP contribution in [0, 0.1) is 0 Å². The Morgan fingerprint density at radius 3 is 2.70 bits per heavy atom. The van der Waals surface area contributed by atoms with Crippen LogP contribution in [-0.4, -0.2) is 56.8 Å². The fourth-order valence-electron chi connectivity index (χ4n) is 3.42. The van der Waals surface area contributed by atoms with Gasteiger partial charge in [-0.05, 0) is 18.2 Å². The van der Waals surface area contributed by atoms with E-state index < -0.39 is 10.0 Å². The van der Waals surface area contributed by atoms with Crippen LogP contribution < -0.4 is 10.2 Å². The van der Waals surface area contributed by atoms with Crippen molar-refractivity contribution in [2.75, 3.05) is 38.1 Å². The lowest BCUT2D eigenvalue weighted by Crippen LogP contribution is -2.43. The van der Waals surface area contributed by atoms with E-state index in [1.54, 1.807) is 62.1 Å². The van der Waals surface area contributed by atoms with Crippen LogP contribution in [0.1, 0.15) is 5.56 Å². The number of nitrogens with one attached hydrogen (secondary N) is 1. The van der Waals surface area contributed by atoms with Gasteiger partial charge in [0.05, 0.1) is 16.1 Å². The number of benzene rings is 1. The molecule has 8 heteroatoms. The fraction of sp³-hybridized carbons (Fsp3) is 0.263. The molecule has 0 radical (unpaired) electrons. The molecule has 140 valence electrons. The van der Waals surface area contributed by atoms with Gasteiger partial charge in [-0.25, -0.2) is 12.4 Å². The minimum atomic E-state index is -3.79. The maximum Gasteiger partial charge on any atom is 0.268 e. The van der Waals surface area contributed by atoms with Crippen LogP contribution in [0.4, 0.5) is 5.69 Å². The Morgan fingerprint density at radius 2 is 1.93 bits per heavy atom. The summed E-state index contributed by atoms with van der Waals surface area (Å²) in [5, 5.41) is 3.32. The number of aliphatic imine (C=N–C) groups is 1. The molecule has 7 nitrogen and oxygen atoms in total. The van der Waals surface area contributed by atoms with Gasteiger partial charge in [-0.15, -0.1) is 0 Å². The fourth-order valence-corrected chi connectivity index (χ4v) is 4.94. The van der Waals surface area contributed by atoms with Gasteiger partial charge in [0.15, 0.2) is 0 Å². The zero-order valence-electron chi connectivity index (χ0n) is 15.0. The summed E-state index contributed by atoms with van der Waals surface area (Å²) in [4.78, 5) is 10.9. The quantitative estimate of drug-likeness (QED) is 0.694. The van der Waals surface area contributed by atoms with Gasteiger partial charge in [-0.2, -0.15) is 0 Å². The van der Waals surface area contributed by atoms with Gasteiger partial charge in [0.2, 0.25) is 0 Å². The summed E-state index contributed by atoms with van der Waals surface area (Å²) >= 11 is 0. The van der Waals surface area contributed by atoms with E-state index in [2.05, 4.69) is 20.2 Å². The Kier molecular flexibility index (Phi) is 4.67. The van der Waals surface area contributed by atoms with Crippen molar-refractivity contribution in [3.8, 4) is 0 Å². The van der Waals surface area contributed by atoms with Gasteiger partial charge in [0, 0.05) is 57.4 Å². The van der Waals surface area contributed by atoms with E-state index in [1.807, 2.05) is 0 Å². The predicted octanol–water partition coefficient (Wildman–Crippen LogP) is 1.73. The molecule has 1 saturated heterocycles. The minimum absolute atomic E-state index is 0.225. The highest BCUT2D eigenvalue weighted by atomic mass is 32.2. The van der Waals surface area contributed by atoms with E-state index in [9.17, 15) is 8.42 Å². The Labute approximate surface area is 158 Å². The lowest BCUT2D eigenvalue weighted by molar-refractivity contribution is 0.586. The minimum Gasteiger partial charge on any atom is -0.366 e. The molecule has 0 bridgehead atoms. The summed E-state index contributed by atoms with van der Waals surface area (Å²) < 4.78 is 28.3. The molecule has 2 aromatic heterocycles. The number of pyridine rings is 1. The number of anilines is 1. The molecule has 0 saturated carbocycles. The van der Waals surface area contributed by atoms with Crippen molar-refractivity contribution < 1.29 is 8.42 Å². The first kappa shape index (κ1) is 17.7. The molecule has 3 heterocycles. The molecule has 1 fully saturated rings. The maximum absolute atomic E-state index is 13.5. The van der Waals surface area contributed by atoms with Gasteiger partial charge in [-0.1, -0.05) is 18.2 Å². The third-order valence-corrected chi connectivity index (χ3v) is 6.44. The average Bonchev–Trinajstić information content (AvgIpc) is 3.10. The molecule has 0 spiro atoms. The Bertz CT molecular complexity index is 1100. The van der Waals surface area contributed by atoms with Gasteiger partial charge in [-0.3, -0.25) is 9.98 Å². The molecule has 0 amide bonds. The molecular formula is C19H21N5O2S. The lowest BCUT2D eigenvalue weighted by Gasteiger charge is -2.28. The summed E-state index contributed by atoms with van der Waals surface area (Å²) in [5.74, 6) is 0. The van der Waals surface area contributed by atoms with Gasteiger partial charge >= 0.3 is 0 Å². The highest BCUT2D eigenvalue weighted by Gasteiger charge is 2.26. The van der Waals surface area contributed by atoms with Gasteiger partial charge in [0.1, 0.15) is 5.52 Å². The SMILES string of the molecule is CN=Cc1ccccc1S(=O)(=O)n1cc(N2CCNCC2)c2ncccc21. The molecule has 27 heavy (non-hydrogen) atoms. The van der Waals surface area contributed by atoms with Crippen molar-refractivity contribution >= 4 is 33.0 Å². The van der Waals surface area contributed by atoms with Crippen molar-refractivity contribution in [2.24, 2.45) is 4.99 Å². The van der Waals surface area contributed by atoms with Crippen LogP contribution >= 0.6 is 0 Å². The number of aromatic nitrogens is 2. The van der Waals surface area contributed by atoms with Crippen molar-refractivity contribution in [2.45, 2.75) is 4.90 Å². The molecule has 0 aliphatic carbocycles. The van der Waals surface area contributed by atoms with E-state index in [-0.39, 0.29) is 4.90 Å². The summed E-state index contributed by atoms with van der Waals surface area (Å²) in [6.45, 7) is 3.35. The molecular weight excluding hydrogens is 362 g/mol. The van der Waals surface area contributed by atoms with Crippen LogP contribution in [0.25, 0.3) is 11.0 Å². The second-order valence-corrected chi connectivity index (χ2v) is 8.13. The molecule has 1 aliphatic rings. The topological polar surface area (TPSA) is 79.6 Å². The summed E-state index contributed by atoms with van der Waals surface area (Å²) in [6.07, 6.45) is 4.95. The van der Waals surface area contributed by atoms with Crippen molar-refractivity contribution in [1.29, 1.82) is 0 Å². The van der Waals surface area contributed by atoms with E-state index in [1.165, 1.54) is 3.97 Å². The summed E-state index contributed by atoms with van der Waals surface area (Å²) in [7, 11) is -2.17. The third-order valence-electron chi connectivity index (χ3n) is 4.69. The number of piperazine rings is 1. The molecule has 1 aromatic carbocycles. The number of fused-ring (bicyclic) bond motifs is 1. The standard InChI is InChI=1S/C19H21N5O2S/c1-20-13-15-5-2-3-7-18(15)27(25,26)24-14-17(23-11-9-21-10-12-23)19-16(24)6-4-8-22-19/h2-8,13-14,21H,9-12H2,1H3. The van der Waals surface area contributed by atoms with E-state index in [0.717, 1.165) is 31.9 Å².